The van der Waals surface area contributed by atoms with Crippen LogP contribution in [0.1, 0.15) is 11.1 Å². The number of carbonyl (C=O) groups is 1. The summed E-state index contributed by atoms with van der Waals surface area (Å²) in [7, 11) is 1.89. The van der Waals surface area contributed by atoms with E-state index < -0.39 is 0 Å². The normalized spacial score (nSPS) is 11.0. The van der Waals surface area contributed by atoms with E-state index in [9.17, 15) is 9.18 Å². The third kappa shape index (κ3) is 4.51. The minimum atomic E-state index is -0.315. The van der Waals surface area contributed by atoms with Crippen LogP contribution in [0.5, 0.6) is 0 Å². The molecule has 20 heavy (non-hydrogen) atoms. The molecule has 0 bridgehead atoms. The summed E-state index contributed by atoms with van der Waals surface area (Å²) < 4.78 is 14.5. The average molecular weight is 356 g/mol. The third-order valence-electron chi connectivity index (χ3n) is 2.87. The van der Waals surface area contributed by atoms with Crippen molar-refractivity contribution in [3.05, 3.63) is 56.4 Å². The fourth-order valence-electron chi connectivity index (χ4n) is 2.01. The maximum Gasteiger partial charge on any atom is 0.151 e. The van der Waals surface area contributed by atoms with Gasteiger partial charge in [0, 0.05) is 13.0 Å². The molecule has 0 saturated carbocycles. The maximum absolute atomic E-state index is 13.5. The SMILES string of the molecule is CN(CC(=O)Cc1ccccc1F)Cc1csc(Br)c1. The monoisotopic (exact) mass is 355 g/mol. The Bertz CT molecular complexity index is 599. The van der Waals surface area contributed by atoms with Crippen LogP contribution >= 0.6 is 27.3 Å². The molecule has 1 heterocycles. The lowest BCUT2D eigenvalue weighted by Crippen LogP contribution is -2.26. The van der Waals surface area contributed by atoms with Gasteiger partial charge in [0.15, 0.2) is 5.78 Å². The predicted octanol–water partition coefficient (Wildman–Crippen LogP) is 3.89. The molecule has 0 unspecified atom stereocenters. The Kier molecular flexibility index (Phi) is 5.46. The number of ketones is 1. The molecule has 1 aromatic carbocycles. The molecule has 0 saturated heterocycles. The topological polar surface area (TPSA) is 20.3 Å². The largest absolute Gasteiger partial charge is 0.298 e. The first-order chi connectivity index (χ1) is 9.54. The first-order valence-corrected chi connectivity index (χ1v) is 7.88. The molecule has 0 fully saturated rings. The Morgan fingerprint density at radius 3 is 2.80 bits per heavy atom. The van der Waals surface area contributed by atoms with Crippen LogP contribution in [0.3, 0.4) is 0 Å². The second-order valence-electron chi connectivity index (χ2n) is 4.74. The van der Waals surface area contributed by atoms with E-state index >= 15 is 0 Å². The zero-order valence-electron chi connectivity index (χ0n) is 11.1. The van der Waals surface area contributed by atoms with Crippen molar-refractivity contribution in [2.45, 2.75) is 13.0 Å². The van der Waals surface area contributed by atoms with Gasteiger partial charge in [-0.2, -0.15) is 0 Å². The molecule has 2 nitrogen and oxygen atoms in total. The van der Waals surface area contributed by atoms with Crippen molar-refractivity contribution in [1.29, 1.82) is 0 Å². The van der Waals surface area contributed by atoms with Crippen LogP contribution in [-0.4, -0.2) is 24.3 Å². The zero-order chi connectivity index (χ0) is 14.5. The molecule has 0 amide bonds. The first kappa shape index (κ1) is 15.4. The van der Waals surface area contributed by atoms with Crippen molar-refractivity contribution < 1.29 is 9.18 Å². The van der Waals surface area contributed by atoms with Gasteiger partial charge < -0.3 is 0 Å². The number of hydrogen-bond donors (Lipinski definition) is 0. The molecule has 0 atom stereocenters. The van der Waals surface area contributed by atoms with Crippen molar-refractivity contribution in [2.75, 3.05) is 13.6 Å². The molecule has 106 valence electrons. The molecule has 5 heteroatoms. The van der Waals surface area contributed by atoms with Gasteiger partial charge in [-0.1, -0.05) is 18.2 Å². The Hall–Kier alpha value is -1.04. The van der Waals surface area contributed by atoms with E-state index in [1.54, 1.807) is 29.5 Å². The molecule has 1 aromatic heterocycles. The van der Waals surface area contributed by atoms with Gasteiger partial charge >= 0.3 is 0 Å². The van der Waals surface area contributed by atoms with Crippen molar-refractivity contribution >= 4 is 33.0 Å². The van der Waals surface area contributed by atoms with Crippen molar-refractivity contribution in [3.63, 3.8) is 0 Å². The number of Topliss-reactive ketones (excluding diaryl/α,β-unsaturated/α-hetero) is 1. The average Bonchev–Trinajstić information content (AvgIpc) is 2.77. The van der Waals surface area contributed by atoms with Gasteiger partial charge in [-0.05, 0) is 51.6 Å². The van der Waals surface area contributed by atoms with Crippen molar-refractivity contribution in [2.24, 2.45) is 0 Å². The van der Waals surface area contributed by atoms with Gasteiger partial charge in [-0.15, -0.1) is 11.3 Å². The Balaban J connectivity index is 1.86. The van der Waals surface area contributed by atoms with Gasteiger partial charge in [0.25, 0.3) is 0 Å². The summed E-state index contributed by atoms with van der Waals surface area (Å²) in [5.41, 5.74) is 1.63. The van der Waals surface area contributed by atoms with Crippen LogP contribution in [0.25, 0.3) is 0 Å². The summed E-state index contributed by atoms with van der Waals surface area (Å²) in [5, 5.41) is 2.06. The lowest BCUT2D eigenvalue weighted by molar-refractivity contribution is -0.119. The number of thiophene rings is 1. The molecule has 0 aliphatic rings. The highest BCUT2D eigenvalue weighted by atomic mass is 79.9. The van der Waals surface area contributed by atoms with E-state index in [1.165, 1.54) is 11.6 Å². The second kappa shape index (κ2) is 7.11. The molecule has 0 N–H and O–H groups in total. The number of benzene rings is 1. The number of rotatable bonds is 6. The van der Waals surface area contributed by atoms with Crippen LogP contribution < -0.4 is 0 Å². The Morgan fingerprint density at radius 1 is 1.40 bits per heavy atom. The lowest BCUT2D eigenvalue weighted by atomic mass is 10.1. The van der Waals surface area contributed by atoms with Gasteiger partial charge in [-0.3, -0.25) is 9.69 Å². The summed E-state index contributed by atoms with van der Waals surface area (Å²) in [6.07, 6.45) is 0.143. The second-order valence-corrected chi connectivity index (χ2v) is 7.03. The van der Waals surface area contributed by atoms with Crippen molar-refractivity contribution in [3.8, 4) is 0 Å². The Morgan fingerprint density at radius 2 is 2.15 bits per heavy atom. The molecule has 0 aliphatic carbocycles. The number of hydrogen-bond acceptors (Lipinski definition) is 3. The molecular formula is C15H15BrFNOS. The number of likely N-dealkylation sites (N-methyl/N-ethyl adjacent to an activating group) is 1. The quantitative estimate of drug-likeness (QED) is 0.783. The molecule has 2 aromatic rings. The smallest absolute Gasteiger partial charge is 0.151 e. The van der Waals surface area contributed by atoms with Crippen LogP contribution in [0.4, 0.5) is 4.39 Å². The number of halogens is 2. The van der Waals surface area contributed by atoms with E-state index in [0.29, 0.717) is 18.7 Å². The number of nitrogens with zero attached hydrogens (tertiary/aromatic N) is 1. The van der Waals surface area contributed by atoms with E-state index in [0.717, 1.165) is 3.79 Å². The summed E-state index contributed by atoms with van der Waals surface area (Å²) >= 11 is 5.04. The van der Waals surface area contributed by atoms with Crippen LogP contribution in [-0.2, 0) is 17.8 Å². The van der Waals surface area contributed by atoms with Gasteiger partial charge in [-0.25, -0.2) is 4.39 Å². The van der Waals surface area contributed by atoms with E-state index in [2.05, 4.69) is 21.3 Å². The Labute approximate surface area is 130 Å². The highest BCUT2D eigenvalue weighted by molar-refractivity contribution is 9.11. The van der Waals surface area contributed by atoms with Crippen molar-refractivity contribution in [1.82, 2.24) is 4.90 Å². The van der Waals surface area contributed by atoms with Crippen LogP contribution in [0.2, 0.25) is 0 Å². The maximum atomic E-state index is 13.5. The summed E-state index contributed by atoms with van der Waals surface area (Å²) in [6.45, 7) is 1.03. The van der Waals surface area contributed by atoms with E-state index in [4.69, 9.17) is 0 Å². The minimum absolute atomic E-state index is 0.0203. The fraction of sp³-hybridized carbons (Fsp3) is 0.267. The standard InChI is InChI=1S/C15H15BrFNOS/c1-18(8-11-6-15(16)20-10-11)9-13(19)7-12-4-2-3-5-14(12)17/h2-6,10H,7-9H2,1H3. The molecule has 0 spiro atoms. The summed E-state index contributed by atoms with van der Waals surface area (Å²) in [4.78, 5) is 13.9. The molecular weight excluding hydrogens is 341 g/mol. The van der Waals surface area contributed by atoms with E-state index in [1.807, 2.05) is 18.0 Å². The van der Waals surface area contributed by atoms with Gasteiger partial charge in [0.2, 0.25) is 0 Å². The molecule has 0 aliphatic heterocycles. The predicted molar refractivity (Wildman–Crippen MR) is 83.5 cm³/mol. The van der Waals surface area contributed by atoms with Crippen LogP contribution in [0, 0.1) is 5.82 Å². The molecule has 2 rings (SSSR count). The minimum Gasteiger partial charge on any atom is -0.298 e. The fourth-order valence-corrected chi connectivity index (χ4v) is 3.21. The van der Waals surface area contributed by atoms with Gasteiger partial charge in [0.05, 0.1) is 10.3 Å². The molecule has 0 radical (unpaired) electrons. The first-order valence-electron chi connectivity index (χ1n) is 6.21. The third-order valence-corrected chi connectivity index (χ3v) is 4.42. The zero-order valence-corrected chi connectivity index (χ0v) is 13.5. The summed E-state index contributed by atoms with van der Waals surface area (Å²) in [6, 6.07) is 8.46. The lowest BCUT2D eigenvalue weighted by Gasteiger charge is -2.14. The van der Waals surface area contributed by atoms with E-state index in [-0.39, 0.29) is 18.0 Å². The summed E-state index contributed by atoms with van der Waals surface area (Å²) in [5.74, 6) is -0.294. The highest BCUT2D eigenvalue weighted by Gasteiger charge is 2.11. The van der Waals surface area contributed by atoms with Gasteiger partial charge in [0.1, 0.15) is 5.82 Å². The number of carbonyl (C=O) groups excluding carboxylic acids is 1. The highest BCUT2D eigenvalue weighted by Crippen LogP contribution is 2.21. The van der Waals surface area contributed by atoms with Crippen LogP contribution in [0.15, 0.2) is 39.5 Å².